The van der Waals surface area contributed by atoms with E-state index in [9.17, 15) is 0 Å². The third-order valence-corrected chi connectivity index (χ3v) is 4.02. The zero-order valence-electron chi connectivity index (χ0n) is 11.2. The van der Waals surface area contributed by atoms with Gasteiger partial charge in [-0.15, -0.1) is 0 Å². The molecule has 1 aromatic heterocycles. The Morgan fingerprint density at radius 3 is 2.67 bits per heavy atom. The summed E-state index contributed by atoms with van der Waals surface area (Å²) in [6, 6.07) is 0.435. The van der Waals surface area contributed by atoms with E-state index in [1.165, 1.54) is 0 Å². The Morgan fingerprint density at radius 1 is 1.33 bits per heavy atom. The van der Waals surface area contributed by atoms with Gasteiger partial charge in [-0.25, -0.2) is 9.97 Å². The highest BCUT2D eigenvalue weighted by Gasteiger charge is 2.12. The van der Waals surface area contributed by atoms with E-state index in [0.717, 1.165) is 41.2 Å². The molecule has 102 valence electrons. The van der Waals surface area contributed by atoms with Crippen molar-refractivity contribution in [2.75, 3.05) is 29.2 Å². The average Bonchev–Trinajstić information content (AvgIpc) is 2.39. The predicted octanol–water partition coefficient (Wildman–Crippen LogP) is 3.61. The van der Waals surface area contributed by atoms with Gasteiger partial charge in [0.2, 0.25) is 0 Å². The van der Waals surface area contributed by atoms with Crippen LogP contribution < -0.4 is 10.6 Å². The van der Waals surface area contributed by atoms with Crippen molar-refractivity contribution in [3.8, 4) is 0 Å². The molecule has 0 aliphatic rings. The maximum absolute atomic E-state index is 4.30. The van der Waals surface area contributed by atoms with Crippen LogP contribution in [0.2, 0.25) is 0 Å². The first-order valence-corrected chi connectivity index (χ1v) is 8.41. The van der Waals surface area contributed by atoms with Crippen molar-refractivity contribution in [2.24, 2.45) is 0 Å². The molecule has 0 saturated heterocycles. The number of nitrogens with one attached hydrogen (secondary N) is 2. The van der Waals surface area contributed by atoms with Gasteiger partial charge in [0.15, 0.2) is 0 Å². The Labute approximate surface area is 122 Å². The standard InChI is InChI=1S/C12H21BrN4S/c1-4-6-14-11-10(13)12(16-8-15-11)17-9(5-2)7-18-3/h8-9H,4-7H2,1-3H3,(H2,14,15,16,17). The highest BCUT2D eigenvalue weighted by Crippen LogP contribution is 2.27. The van der Waals surface area contributed by atoms with E-state index >= 15 is 0 Å². The lowest BCUT2D eigenvalue weighted by molar-refractivity contribution is 0.768. The first-order valence-electron chi connectivity index (χ1n) is 6.22. The molecular weight excluding hydrogens is 312 g/mol. The second kappa shape index (κ2) is 8.58. The molecular formula is C12H21BrN4S. The zero-order valence-corrected chi connectivity index (χ0v) is 13.6. The molecule has 1 unspecified atom stereocenters. The third-order valence-electron chi connectivity index (χ3n) is 2.53. The highest BCUT2D eigenvalue weighted by atomic mass is 79.9. The molecule has 0 saturated carbocycles. The number of rotatable bonds is 8. The molecule has 0 aromatic carbocycles. The van der Waals surface area contributed by atoms with Gasteiger partial charge in [0.25, 0.3) is 0 Å². The lowest BCUT2D eigenvalue weighted by Crippen LogP contribution is -2.22. The van der Waals surface area contributed by atoms with Gasteiger partial charge in [-0.05, 0) is 35.0 Å². The fourth-order valence-corrected chi connectivity index (χ4v) is 2.67. The Bertz CT molecular complexity index is 362. The Balaban J connectivity index is 2.75. The fourth-order valence-electron chi connectivity index (χ4n) is 1.49. The van der Waals surface area contributed by atoms with E-state index in [1.54, 1.807) is 6.33 Å². The number of halogens is 1. The Kier molecular flexibility index (Phi) is 7.42. The third kappa shape index (κ3) is 4.65. The summed E-state index contributed by atoms with van der Waals surface area (Å²) in [5.74, 6) is 2.79. The summed E-state index contributed by atoms with van der Waals surface area (Å²) in [6.07, 6.45) is 5.86. The molecule has 4 nitrogen and oxygen atoms in total. The molecule has 0 aliphatic heterocycles. The van der Waals surface area contributed by atoms with Crippen LogP contribution in [0.4, 0.5) is 11.6 Å². The zero-order chi connectivity index (χ0) is 13.4. The quantitative estimate of drug-likeness (QED) is 0.761. The SMILES string of the molecule is CCCNc1ncnc(NC(CC)CSC)c1Br. The minimum absolute atomic E-state index is 0.435. The Morgan fingerprint density at radius 2 is 2.06 bits per heavy atom. The molecule has 0 radical (unpaired) electrons. The van der Waals surface area contributed by atoms with Gasteiger partial charge in [-0.1, -0.05) is 13.8 Å². The molecule has 1 aromatic rings. The normalized spacial score (nSPS) is 12.2. The lowest BCUT2D eigenvalue weighted by Gasteiger charge is -2.18. The summed E-state index contributed by atoms with van der Waals surface area (Å²) in [5, 5.41) is 6.74. The van der Waals surface area contributed by atoms with Crippen LogP contribution in [0, 0.1) is 0 Å². The summed E-state index contributed by atoms with van der Waals surface area (Å²) in [7, 11) is 0. The van der Waals surface area contributed by atoms with Crippen molar-refractivity contribution in [1.29, 1.82) is 0 Å². The van der Waals surface area contributed by atoms with Crippen molar-refractivity contribution >= 4 is 39.3 Å². The molecule has 1 atom stereocenters. The molecule has 0 amide bonds. The van der Waals surface area contributed by atoms with E-state index in [1.807, 2.05) is 11.8 Å². The molecule has 0 fully saturated rings. The summed E-state index contributed by atoms with van der Waals surface area (Å²) in [6.45, 7) is 5.23. The molecule has 2 N–H and O–H groups in total. The topological polar surface area (TPSA) is 49.8 Å². The van der Waals surface area contributed by atoms with Crippen LogP contribution in [-0.4, -0.2) is 34.6 Å². The van der Waals surface area contributed by atoms with Gasteiger partial charge in [0.05, 0.1) is 0 Å². The number of hydrogen-bond donors (Lipinski definition) is 2. The van der Waals surface area contributed by atoms with Gasteiger partial charge in [-0.3, -0.25) is 0 Å². The van der Waals surface area contributed by atoms with E-state index in [-0.39, 0.29) is 0 Å². The van der Waals surface area contributed by atoms with E-state index in [0.29, 0.717) is 6.04 Å². The van der Waals surface area contributed by atoms with Crippen LogP contribution in [0.3, 0.4) is 0 Å². The average molecular weight is 333 g/mol. The maximum atomic E-state index is 4.30. The number of aromatic nitrogens is 2. The van der Waals surface area contributed by atoms with E-state index in [4.69, 9.17) is 0 Å². The predicted molar refractivity (Wildman–Crippen MR) is 84.6 cm³/mol. The molecule has 0 aliphatic carbocycles. The second-order valence-corrected chi connectivity index (χ2v) is 5.72. The summed E-state index contributed by atoms with van der Waals surface area (Å²) in [5.41, 5.74) is 0. The summed E-state index contributed by atoms with van der Waals surface area (Å²) < 4.78 is 0.915. The van der Waals surface area contributed by atoms with Crippen LogP contribution in [0.1, 0.15) is 26.7 Å². The highest BCUT2D eigenvalue weighted by molar-refractivity contribution is 9.10. The van der Waals surface area contributed by atoms with Gasteiger partial charge in [0.1, 0.15) is 22.4 Å². The number of thioether (sulfide) groups is 1. The second-order valence-electron chi connectivity index (χ2n) is 4.02. The number of hydrogen-bond acceptors (Lipinski definition) is 5. The van der Waals surface area contributed by atoms with E-state index in [2.05, 4.69) is 56.6 Å². The number of nitrogens with zero attached hydrogens (tertiary/aromatic N) is 2. The monoisotopic (exact) mass is 332 g/mol. The first-order chi connectivity index (χ1) is 8.72. The Hall–Kier alpha value is -0.490. The maximum Gasteiger partial charge on any atom is 0.146 e. The molecule has 0 bridgehead atoms. The van der Waals surface area contributed by atoms with Crippen LogP contribution in [0.25, 0.3) is 0 Å². The summed E-state index contributed by atoms with van der Waals surface area (Å²) >= 11 is 5.40. The van der Waals surface area contributed by atoms with Crippen molar-refractivity contribution < 1.29 is 0 Å². The van der Waals surface area contributed by atoms with Crippen molar-refractivity contribution in [2.45, 2.75) is 32.7 Å². The lowest BCUT2D eigenvalue weighted by atomic mass is 10.2. The van der Waals surface area contributed by atoms with Gasteiger partial charge in [-0.2, -0.15) is 11.8 Å². The molecule has 0 spiro atoms. The largest absolute Gasteiger partial charge is 0.369 e. The van der Waals surface area contributed by atoms with Gasteiger partial charge >= 0.3 is 0 Å². The van der Waals surface area contributed by atoms with Crippen LogP contribution in [0.15, 0.2) is 10.8 Å². The molecule has 1 rings (SSSR count). The van der Waals surface area contributed by atoms with Crippen LogP contribution >= 0.6 is 27.7 Å². The van der Waals surface area contributed by atoms with E-state index < -0.39 is 0 Å². The van der Waals surface area contributed by atoms with Crippen molar-refractivity contribution in [3.63, 3.8) is 0 Å². The van der Waals surface area contributed by atoms with Crippen molar-refractivity contribution in [3.05, 3.63) is 10.8 Å². The smallest absolute Gasteiger partial charge is 0.146 e. The van der Waals surface area contributed by atoms with Gasteiger partial charge in [0, 0.05) is 18.3 Å². The first kappa shape index (κ1) is 15.6. The minimum atomic E-state index is 0.435. The molecule has 6 heteroatoms. The number of anilines is 2. The fraction of sp³-hybridized carbons (Fsp3) is 0.667. The van der Waals surface area contributed by atoms with Crippen LogP contribution in [0.5, 0.6) is 0 Å². The van der Waals surface area contributed by atoms with Crippen LogP contribution in [-0.2, 0) is 0 Å². The minimum Gasteiger partial charge on any atom is -0.369 e. The van der Waals surface area contributed by atoms with Crippen molar-refractivity contribution in [1.82, 2.24) is 9.97 Å². The summed E-state index contributed by atoms with van der Waals surface area (Å²) in [4.78, 5) is 8.54. The van der Waals surface area contributed by atoms with Gasteiger partial charge < -0.3 is 10.6 Å². The molecule has 1 heterocycles. The molecule has 18 heavy (non-hydrogen) atoms.